The Morgan fingerprint density at radius 2 is 0.625 bits per heavy atom. The number of ether oxygens (including phenoxy) is 1. The van der Waals surface area contributed by atoms with Gasteiger partial charge in [0.05, 0.1) is 7.11 Å². The first-order chi connectivity index (χ1) is 22.4. The van der Waals surface area contributed by atoms with Gasteiger partial charge in [0.25, 0.3) is 0 Å². The van der Waals surface area contributed by atoms with Crippen molar-refractivity contribution in [2.75, 3.05) is 7.11 Å². The lowest BCUT2D eigenvalue weighted by atomic mass is 10.00. The van der Waals surface area contributed by atoms with Gasteiger partial charge in [0.15, 0.2) is 34.7 Å². The van der Waals surface area contributed by atoms with Crippen LogP contribution in [0.15, 0.2) is 66.7 Å². The maximum atomic E-state index is 11.2. The maximum absolute atomic E-state index is 11.2. The Balaban J connectivity index is 0.000000621. The first-order valence-corrected chi connectivity index (χ1v) is 15.3. The number of carbonyl (C=O) groups excluding carboxylic acids is 8. The number of hydrogen-bond donors (Lipinski definition) is 0. The van der Waals surface area contributed by atoms with Crippen LogP contribution in [-0.2, 0) is 9.59 Å². The van der Waals surface area contributed by atoms with Gasteiger partial charge in [-0.3, -0.25) is 28.8 Å². The molecule has 0 atom stereocenters. The van der Waals surface area contributed by atoms with Crippen LogP contribution in [0.1, 0.15) is 143 Å². The van der Waals surface area contributed by atoms with E-state index in [0.29, 0.717) is 46.2 Å². The first kappa shape index (κ1) is 42.8. The Morgan fingerprint density at radius 3 is 0.812 bits per heavy atom. The average molecular weight is 659 g/mol. The number of ketones is 8. The number of methoxy groups -OCH3 is 1. The summed E-state index contributed by atoms with van der Waals surface area (Å²) in [4.78, 5) is 86.8. The predicted molar refractivity (Wildman–Crippen MR) is 186 cm³/mol. The smallest absolute Gasteiger partial charge is 0.159 e. The Kier molecular flexibility index (Phi) is 20.0. The van der Waals surface area contributed by atoms with Gasteiger partial charge in [-0.05, 0) is 111 Å². The summed E-state index contributed by atoms with van der Waals surface area (Å²) in [5.41, 5.74) is 3.18. The van der Waals surface area contributed by atoms with Gasteiger partial charge in [-0.1, -0.05) is 24.3 Å². The molecule has 0 fully saturated rings. The van der Waals surface area contributed by atoms with Gasteiger partial charge in [0.2, 0.25) is 0 Å². The van der Waals surface area contributed by atoms with Gasteiger partial charge in [0, 0.05) is 46.2 Å². The second kappa shape index (κ2) is 22.4. The average Bonchev–Trinajstić information content (AvgIpc) is 3.03. The van der Waals surface area contributed by atoms with E-state index in [2.05, 4.69) is 0 Å². The van der Waals surface area contributed by atoms with Gasteiger partial charge in [-0.25, -0.2) is 0 Å². The third-order valence-corrected chi connectivity index (χ3v) is 6.65. The Morgan fingerprint density at radius 1 is 0.396 bits per heavy atom. The zero-order chi connectivity index (χ0) is 37.0. The Hall–Kier alpha value is -5.18. The summed E-state index contributed by atoms with van der Waals surface area (Å²) in [6, 6.07) is 18.2. The molecule has 0 bridgehead atoms. The van der Waals surface area contributed by atoms with Crippen LogP contribution in [0.5, 0.6) is 5.75 Å². The van der Waals surface area contributed by atoms with Crippen molar-refractivity contribution in [2.24, 2.45) is 0 Å². The fraction of sp³-hybridized carbons (Fsp3) is 0.333. The quantitative estimate of drug-likeness (QED) is 0.139. The van der Waals surface area contributed by atoms with E-state index in [0.717, 1.165) is 18.6 Å². The SMILES string of the molecule is CC(=O)CCCCC(C)=O.CC(=O)c1cc(C(C)=O)cc(C(C)=O)c1.CC(=O)c1ccc(C(C)=O)cc1.COc1ccc(C(C)=O)cc1. The van der Waals surface area contributed by atoms with Crippen molar-refractivity contribution in [3.63, 3.8) is 0 Å². The zero-order valence-corrected chi connectivity index (χ0v) is 29.4. The number of Topliss-reactive ketones (excluding diaryl/α,β-unsaturated/α-hetero) is 8. The fourth-order valence-corrected chi connectivity index (χ4v) is 3.75. The van der Waals surface area contributed by atoms with Crippen molar-refractivity contribution in [3.8, 4) is 5.75 Å². The van der Waals surface area contributed by atoms with Crippen LogP contribution in [0.2, 0.25) is 0 Å². The molecule has 0 radical (unpaired) electrons. The highest BCUT2D eigenvalue weighted by Gasteiger charge is 2.10. The molecule has 3 aromatic rings. The highest BCUT2D eigenvalue weighted by molar-refractivity contribution is 6.04. The topological polar surface area (TPSA) is 146 Å². The van der Waals surface area contributed by atoms with Gasteiger partial charge in [0.1, 0.15) is 17.3 Å². The van der Waals surface area contributed by atoms with Crippen LogP contribution in [-0.4, -0.2) is 53.4 Å². The molecule has 0 aliphatic rings. The monoisotopic (exact) mass is 658 g/mol. The molecule has 0 aliphatic carbocycles. The highest BCUT2D eigenvalue weighted by atomic mass is 16.5. The lowest BCUT2D eigenvalue weighted by Crippen LogP contribution is -2.03. The number of benzene rings is 3. The molecule has 3 rings (SSSR count). The number of rotatable bonds is 12. The molecular weight excluding hydrogens is 612 g/mol. The van der Waals surface area contributed by atoms with E-state index in [1.165, 1.54) is 52.8 Å². The minimum absolute atomic E-state index is 0.0186. The summed E-state index contributed by atoms with van der Waals surface area (Å²) in [7, 11) is 1.60. The number of hydrogen-bond acceptors (Lipinski definition) is 9. The van der Waals surface area contributed by atoms with Gasteiger partial charge >= 0.3 is 0 Å². The van der Waals surface area contributed by atoms with Gasteiger partial charge in [-0.2, -0.15) is 0 Å². The van der Waals surface area contributed by atoms with Gasteiger partial charge in [-0.15, -0.1) is 0 Å². The van der Waals surface area contributed by atoms with Crippen LogP contribution in [0.3, 0.4) is 0 Å². The van der Waals surface area contributed by atoms with Crippen molar-refractivity contribution in [2.45, 2.75) is 81.1 Å². The predicted octanol–water partition coefficient (Wildman–Crippen LogP) is 8.01. The standard InChI is InChI=1S/C12H12O3.C10H10O2.C9H10O2.C8H14O2/c1-7(13)10-4-11(8(2)14)6-12(5-10)9(3)15;1-7(11)9-3-5-10(6-4-9)8(2)12;1-7(10)8-3-5-9(11-2)6-4-8;1-7(9)5-3-4-6-8(2)10/h4-6H,1-3H3;3-6H,1-2H3;3-6H,1-2H3;3-6H2,1-2H3. The molecular formula is C39H46O9. The number of unbranched alkanes of at least 4 members (excludes halogenated alkanes) is 1. The summed E-state index contributed by atoms with van der Waals surface area (Å²) in [6.07, 6.45) is 2.95. The summed E-state index contributed by atoms with van der Waals surface area (Å²) < 4.78 is 4.94. The third-order valence-electron chi connectivity index (χ3n) is 6.65. The molecule has 3 aromatic carbocycles. The second-order valence-corrected chi connectivity index (χ2v) is 11.1. The largest absolute Gasteiger partial charge is 0.497 e. The first-order valence-electron chi connectivity index (χ1n) is 15.3. The molecule has 0 saturated carbocycles. The summed E-state index contributed by atoms with van der Waals surface area (Å²) in [5, 5.41) is 0. The highest BCUT2D eigenvalue weighted by Crippen LogP contribution is 2.13. The van der Waals surface area contributed by atoms with Crippen LogP contribution >= 0.6 is 0 Å². The van der Waals surface area contributed by atoms with Crippen molar-refractivity contribution >= 4 is 46.3 Å². The Labute approximate surface area is 283 Å². The maximum Gasteiger partial charge on any atom is 0.159 e. The Bertz CT molecular complexity index is 1470. The van der Waals surface area contributed by atoms with E-state index in [1.54, 1.807) is 76.4 Å². The molecule has 0 spiro atoms. The number of carbonyl (C=O) groups is 8. The molecule has 0 aromatic heterocycles. The van der Waals surface area contributed by atoms with Crippen molar-refractivity contribution < 1.29 is 43.1 Å². The van der Waals surface area contributed by atoms with E-state index in [4.69, 9.17) is 4.74 Å². The van der Waals surface area contributed by atoms with Crippen LogP contribution in [0.25, 0.3) is 0 Å². The lowest BCUT2D eigenvalue weighted by Gasteiger charge is -2.03. The molecule has 9 heteroatoms. The zero-order valence-electron chi connectivity index (χ0n) is 29.4. The minimum atomic E-state index is -0.152. The normalized spacial score (nSPS) is 9.52. The lowest BCUT2D eigenvalue weighted by molar-refractivity contribution is -0.118. The molecule has 0 unspecified atom stereocenters. The van der Waals surface area contributed by atoms with E-state index in [1.807, 2.05) is 0 Å². The van der Waals surface area contributed by atoms with Crippen LogP contribution < -0.4 is 4.74 Å². The van der Waals surface area contributed by atoms with Crippen LogP contribution in [0.4, 0.5) is 0 Å². The molecule has 0 aliphatic heterocycles. The summed E-state index contributed by atoms with van der Waals surface area (Å²) in [5.74, 6) is 0.853. The molecule has 9 nitrogen and oxygen atoms in total. The van der Waals surface area contributed by atoms with Crippen molar-refractivity contribution in [1.82, 2.24) is 0 Å². The summed E-state index contributed by atoms with van der Waals surface area (Å²) in [6.45, 7) is 11.9. The fourth-order valence-electron chi connectivity index (χ4n) is 3.75. The molecule has 0 heterocycles. The molecule has 0 N–H and O–H groups in total. The van der Waals surface area contributed by atoms with E-state index >= 15 is 0 Å². The van der Waals surface area contributed by atoms with E-state index in [9.17, 15) is 38.4 Å². The molecule has 48 heavy (non-hydrogen) atoms. The minimum Gasteiger partial charge on any atom is -0.497 e. The molecule has 0 amide bonds. The van der Waals surface area contributed by atoms with E-state index in [-0.39, 0.29) is 46.3 Å². The summed E-state index contributed by atoms with van der Waals surface area (Å²) >= 11 is 0. The van der Waals surface area contributed by atoms with E-state index < -0.39 is 0 Å². The molecule has 0 saturated heterocycles. The third kappa shape index (κ3) is 18.1. The van der Waals surface area contributed by atoms with Crippen molar-refractivity contribution in [3.05, 3.63) is 100 Å². The van der Waals surface area contributed by atoms with Crippen LogP contribution in [0, 0.1) is 0 Å². The second-order valence-electron chi connectivity index (χ2n) is 11.1. The molecule has 256 valence electrons. The van der Waals surface area contributed by atoms with Crippen molar-refractivity contribution in [1.29, 1.82) is 0 Å². The van der Waals surface area contributed by atoms with Gasteiger partial charge < -0.3 is 14.3 Å².